The van der Waals surface area contributed by atoms with Gasteiger partial charge >= 0.3 is 5.97 Å². The third kappa shape index (κ3) is 3.29. The van der Waals surface area contributed by atoms with Crippen LogP contribution in [0, 0.1) is 0 Å². The van der Waals surface area contributed by atoms with Crippen LogP contribution in [0.5, 0.6) is 0 Å². The van der Waals surface area contributed by atoms with E-state index in [2.05, 4.69) is 4.98 Å². The lowest BCUT2D eigenvalue weighted by molar-refractivity contribution is 0.0601. The number of hydrogen-bond acceptors (Lipinski definition) is 4. The third-order valence-corrected chi connectivity index (χ3v) is 2.95. The number of carbonyl (C=O) groups is 1. The highest BCUT2D eigenvalue weighted by molar-refractivity contribution is 5.94. The molecule has 2 rings (SSSR count). The summed E-state index contributed by atoms with van der Waals surface area (Å²) in [7, 11) is 3.08. The van der Waals surface area contributed by atoms with Crippen LogP contribution in [0.2, 0.25) is 0 Å². The highest BCUT2D eigenvalue weighted by Gasteiger charge is 2.06. The number of benzene rings is 1. The topological polar surface area (TPSA) is 48.4 Å². The van der Waals surface area contributed by atoms with Crippen LogP contribution in [0.1, 0.15) is 22.5 Å². The first-order chi connectivity index (χ1) is 9.24. The molecule has 19 heavy (non-hydrogen) atoms. The van der Waals surface area contributed by atoms with Crippen molar-refractivity contribution in [2.75, 3.05) is 20.8 Å². The summed E-state index contributed by atoms with van der Waals surface area (Å²) in [5.41, 5.74) is 2.47. The van der Waals surface area contributed by atoms with Crippen LogP contribution in [0.3, 0.4) is 0 Å². The van der Waals surface area contributed by atoms with Crippen molar-refractivity contribution in [2.24, 2.45) is 0 Å². The van der Waals surface area contributed by atoms with Crippen molar-refractivity contribution in [3.05, 3.63) is 41.6 Å². The number of esters is 1. The Morgan fingerprint density at radius 1 is 1.21 bits per heavy atom. The number of aromatic nitrogens is 1. The Hall–Kier alpha value is -1.94. The molecule has 0 N–H and O–H groups in total. The quantitative estimate of drug-likeness (QED) is 0.611. The predicted molar refractivity (Wildman–Crippen MR) is 73.3 cm³/mol. The van der Waals surface area contributed by atoms with Crippen LogP contribution in [0.15, 0.2) is 30.3 Å². The Balaban J connectivity index is 2.22. The first kappa shape index (κ1) is 13.5. The molecule has 100 valence electrons. The third-order valence-electron chi connectivity index (χ3n) is 2.95. The fourth-order valence-corrected chi connectivity index (χ4v) is 1.95. The van der Waals surface area contributed by atoms with Crippen molar-refractivity contribution in [1.29, 1.82) is 0 Å². The Labute approximate surface area is 112 Å². The SMILES string of the molecule is COCCCc1ccc2cc(C(=O)OC)ccc2n1. The summed E-state index contributed by atoms with van der Waals surface area (Å²) in [6.45, 7) is 0.737. The van der Waals surface area contributed by atoms with E-state index < -0.39 is 0 Å². The Bertz CT molecular complexity index is 581. The van der Waals surface area contributed by atoms with Gasteiger partial charge in [0, 0.05) is 24.8 Å². The van der Waals surface area contributed by atoms with E-state index in [1.165, 1.54) is 7.11 Å². The Kier molecular flexibility index (Phi) is 4.47. The maximum atomic E-state index is 11.4. The molecule has 0 aliphatic heterocycles. The van der Waals surface area contributed by atoms with Gasteiger partial charge in [-0.3, -0.25) is 4.98 Å². The molecule has 0 amide bonds. The van der Waals surface area contributed by atoms with Gasteiger partial charge in [0.15, 0.2) is 0 Å². The van der Waals surface area contributed by atoms with Gasteiger partial charge in [0.1, 0.15) is 0 Å². The molecular formula is C15H17NO3. The minimum Gasteiger partial charge on any atom is -0.465 e. The molecule has 1 heterocycles. The molecule has 0 radical (unpaired) electrons. The summed E-state index contributed by atoms with van der Waals surface area (Å²) in [5.74, 6) is -0.328. The molecule has 0 saturated carbocycles. The van der Waals surface area contributed by atoms with Crippen LogP contribution >= 0.6 is 0 Å². The summed E-state index contributed by atoms with van der Waals surface area (Å²) in [6.07, 6.45) is 1.85. The van der Waals surface area contributed by atoms with E-state index in [4.69, 9.17) is 9.47 Å². The lowest BCUT2D eigenvalue weighted by atomic mass is 10.1. The minimum absolute atomic E-state index is 0.328. The molecule has 4 heteroatoms. The van der Waals surface area contributed by atoms with Gasteiger partial charge in [0.25, 0.3) is 0 Å². The second-order valence-electron chi connectivity index (χ2n) is 4.30. The molecule has 0 bridgehead atoms. The highest BCUT2D eigenvalue weighted by atomic mass is 16.5. The second-order valence-corrected chi connectivity index (χ2v) is 4.30. The van der Waals surface area contributed by atoms with Gasteiger partial charge in [0.2, 0.25) is 0 Å². The number of ether oxygens (including phenoxy) is 2. The number of pyridine rings is 1. The highest BCUT2D eigenvalue weighted by Crippen LogP contribution is 2.16. The zero-order valence-corrected chi connectivity index (χ0v) is 11.2. The van der Waals surface area contributed by atoms with Gasteiger partial charge in [-0.1, -0.05) is 6.07 Å². The van der Waals surface area contributed by atoms with Crippen molar-refractivity contribution in [2.45, 2.75) is 12.8 Å². The monoisotopic (exact) mass is 259 g/mol. The van der Waals surface area contributed by atoms with E-state index in [0.717, 1.165) is 36.0 Å². The van der Waals surface area contributed by atoms with E-state index in [-0.39, 0.29) is 5.97 Å². The van der Waals surface area contributed by atoms with Crippen molar-refractivity contribution >= 4 is 16.9 Å². The number of rotatable bonds is 5. The Morgan fingerprint density at radius 2 is 2.05 bits per heavy atom. The standard InChI is InChI=1S/C15H17NO3/c1-18-9-3-4-13-7-5-11-10-12(15(17)19-2)6-8-14(11)16-13/h5-8,10H,3-4,9H2,1-2H3. The zero-order valence-electron chi connectivity index (χ0n) is 11.2. The van der Waals surface area contributed by atoms with E-state index in [1.54, 1.807) is 19.2 Å². The van der Waals surface area contributed by atoms with E-state index in [0.29, 0.717) is 5.56 Å². The first-order valence-electron chi connectivity index (χ1n) is 6.21. The van der Waals surface area contributed by atoms with Gasteiger partial charge in [-0.05, 0) is 37.1 Å². The van der Waals surface area contributed by atoms with Crippen LogP contribution < -0.4 is 0 Å². The second kappa shape index (κ2) is 6.29. The van der Waals surface area contributed by atoms with Gasteiger partial charge in [-0.15, -0.1) is 0 Å². The molecule has 1 aromatic carbocycles. The average molecular weight is 259 g/mol. The van der Waals surface area contributed by atoms with Crippen molar-refractivity contribution < 1.29 is 14.3 Å². The summed E-state index contributed by atoms with van der Waals surface area (Å²) in [4.78, 5) is 16.0. The van der Waals surface area contributed by atoms with Crippen LogP contribution in [-0.4, -0.2) is 31.8 Å². The number of fused-ring (bicyclic) bond motifs is 1. The summed E-state index contributed by atoms with van der Waals surface area (Å²) >= 11 is 0. The number of aryl methyl sites for hydroxylation is 1. The molecule has 1 aromatic heterocycles. The molecule has 0 aliphatic rings. The fourth-order valence-electron chi connectivity index (χ4n) is 1.95. The first-order valence-corrected chi connectivity index (χ1v) is 6.21. The number of hydrogen-bond donors (Lipinski definition) is 0. The molecule has 0 fully saturated rings. The van der Waals surface area contributed by atoms with E-state index >= 15 is 0 Å². The molecule has 0 aliphatic carbocycles. The van der Waals surface area contributed by atoms with E-state index in [1.807, 2.05) is 18.2 Å². The summed E-state index contributed by atoms with van der Waals surface area (Å²) < 4.78 is 9.73. The minimum atomic E-state index is -0.328. The molecule has 0 spiro atoms. The van der Waals surface area contributed by atoms with Gasteiger partial charge < -0.3 is 9.47 Å². The summed E-state index contributed by atoms with van der Waals surface area (Å²) in [6, 6.07) is 9.35. The number of methoxy groups -OCH3 is 2. The largest absolute Gasteiger partial charge is 0.465 e. The zero-order chi connectivity index (χ0) is 13.7. The fraction of sp³-hybridized carbons (Fsp3) is 0.333. The van der Waals surface area contributed by atoms with Gasteiger partial charge in [-0.25, -0.2) is 4.79 Å². The van der Waals surface area contributed by atoms with Gasteiger partial charge in [-0.2, -0.15) is 0 Å². The van der Waals surface area contributed by atoms with Gasteiger partial charge in [0.05, 0.1) is 18.2 Å². The van der Waals surface area contributed by atoms with E-state index in [9.17, 15) is 4.79 Å². The number of carbonyl (C=O) groups excluding carboxylic acids is 1. The Morgan fingerprint density at radius 3 is 2.79 bits per heavy atom. The summed E-state index contributed by atoms with van der Waals surface area (Å²) in [5, 5.41) is 0.943. The maximum Gasteiger partial charge on any atom is 0.337 e. The molecule has 4 nitrogen and oxygen atoms in total. The molecular weight excluding hydrogens is 242 g/mol. The van der Waals surface area contributed by atoms with Crippen LogP contribution in [0.4, 0.5) is 0 Å². The maximum absolute atomic E-state index is 11.4. The smallest absolute Gasteiger partial charge is 0.337 e. The molecule has 0 atom stereocenters. The average Bonchev–Trinajstić information content (AvgIpc) is 2.46. The van der Waals surface area contributed by atoms with Crippen LogP contribution in [-0.2, 0) is 15.9 Å². The molecule has 0 unspecified atom stereocenters. The van der Waals surface area contributed by atoms with Crippen LogP contribution in [0.25, 0.3) is 10.9 Å². The van der Waals surface area contributed by atoms with Crippen molar-refractivity contribution in [3.8, 4) is 0 Å². The lowest BCUT2D eigenvalue weighted by Gasteiger charge is -2.04. The molecule has 2 aromatic rings. The van der Waals surface area contributed by atoms with Crippen molar-refractivity contribution in [3.63, 3.8) is 0 Å². The lowest BCUT2D eigenvalue weighted by Crippen LogP contribution is -2.01. The molecule has 0 saturated heterocycles. The van der Waals surface area contributed by atoms with Crippen molar-refractivity contribution in [1.82, 2.24) is 4.98 Å². The predicted octanol–water partition coefficient (Wildman–Crippen LogP) is 2.60. The number of nitrogens with zero attached hydrogens (tertiary/aromatic N) is 1. The normalized spacial score (nSPS) is 10.6.